The lowest BCUT2D eigenvalue weighted by Crippen LogP contribution is -2.26. The summed E-state index contributed by atoms with van der Waals surface area (Å²) in [4.78, 5) is 11.8. The smallest absolute Gasteiger partial charge is 0.224 e. The van der Waals surface area contributed by atoms with Crippen LogP contribution in [-0.4, -0.2) is 25.2 Å². The zero-order chi connectivity index (χ0) is 14.8. The van der Waals surface area contributed by atoms with Crippen molar-refractivity contribution >= 4 is 5.91 Å². The highest BCUT2D eigenvalue weighted by atomic mass is 16.5. The Morgan fingerprint density at radius 3 is 2.60 bits per heavy atom. The van der Waals surface area contributed by atoms with Crippen molar-refractivity contribution < 1.29 is 9.53 Å². The van der Waals surface area contributed by atoms with Crippen LogP contribution in [0.4, 0.5) is 0 Å². The molecule has 0 heterocycles. The maximum Gasteiger partial charge on any atom is 0.224 e. The largest absolute Gasteiger partial charge is 0.379 e. The van der Waals surface area contributed by atoms with E-state index in [2.05, 4.69) is 5.32 Å². The first-order valence-electron chi connectivity index (χ1n) is 7.28. The van der Waals surface area contributed by atoms with Crippen LogP contribution in [-0.2, 0) is 22.5 Å². The summed E-state index contributed by atoms with van der Waals surface area (Å²) < 4.78 is 5.45. The second-order valence-electron chi connectivity index (χ2n) is 5.13. The number of ether oxygens (including phenoxy) is 1. The van der Waals surface area contributed by atoms with Gasteiger partial charge in [0, 0.05) is 19.7 Å². The Hall–Kier alpha value is -1.39. The van der Waals surface area contributed by atoms with E-state index in [1.54, 1.807) is 0 Å². The normalized spacial score (nSPS) is 10.8. The molecular weight excluding hydrogens is 252 g/mol. The molecule has 0 bridgehead atoms. The van der Waals surface area contributed by atoms with Crippen LogP contribution < -0.4 is 11.1 Å². The zero-order valence-corrected chi connectivity index (χ0v) is 12.5. The van der Waals surface area contributed by atoms with Crippen LogP contribution in [0.2, 0.25) is 0 Å². The van der Waals surface area contributed by atoms with E-state index in [4.69, 9.17) is 10.5 Å². The minimum atomic E-state index is 0.0516. The van der Waals surface area contributed by atoms with Gasteiger partial charge >= 0.3 is 0 Å². The van der Waals surface area contributed by atoms with Crippen LogP contribution in [0.25, 0.3) is 0 Å². The summed E-state index contributed by atoms with van der Waals surface area (Å²) in [6.07, 6.45) is 2.59. The number of carbonyl (C=O) groups is 1. The first-order valence-corrected chi connectivity index (χ1v) is 7.28. The van der Waals surface area contributed by atoms with Crippen LogP contribution in [0.15, 0.2) is 24.3 Å². The van der Waals surface area contributed by atoms with Crippen LogP contribution in [0, 0.1) is 0 Å². The van der Waals surface area contributed by atoms with E-state index in [9.17, 15) is 4.79 Å². The summed E-state index contributed by atoms with van der Waals surface area (Å²) in [5.74, 6) is 0.0516. The molecule has 1 amide bonds. The fourth-order valence-electron chi connectivity index (χ4n) is 1.94. The van der Waals surface area contributed by atoms with Gasteiger partial charge < -0.3 is 15.8 Å². The van der Waals surface area contributed by atoms with Gasteiger partial charge in [-0.2, -0.15) is 0 Å². The number of hydrogen-bond acceptors (Lipinski definition) is 3. The second-order valence-corrected chi connectivity index (χ2v) is 5.13. The van der Waals surface area contributed by atoms with E-state index in [0.717, 1.165) is 30.6 Å². The van der Waals surface area contributed by atoms with Gasteiger partial charge in [-0.05, 0) is 37.8 Å². The highest BCUT2D eigenvalue weighted by molar-refractivity contribution is 5.78. The first-order chi connectivity index (χ1) is 9.63. The summed E-state index contributed by atoms with van der Waals surface area (Å²) in [5.41, 5.74) is 7.71. The number of unbranched alkanes of at least 4 members (excludes halogenated alkanes) is 1. The molecule has 0 radical (unpaired) electrons. The number of hydrogen-bond donors (Lipinski definition) is 2. The molecule has 112 valence electrons. The zero-order valence-electron chi connectivity index (χ0n) is 12.5. The summed E-state index contributed by atoms with van der Waals surface area (Å²) >= 11 is 0. The Bertz CT molecular complexity index is 405. The average Bonchev–Trinajstić information content (AvgIpc) is 2.43. The van der Waals surface area contributed by atoms with Gasteiger partial charge in [0.15, 0.2) is 0 Å². The fraction of sp³-hybridized carbons (Fsp3) is 0.562. The molecule has 0 spiro atoms. The van der Waals surface area contributed by atoms with Crippen molar-refractivity contribution in [1.29, 1.82) is 0 Å². The molecule has 0 fully saturated rings. The third-order valence-corrected chi connectivity index (χ3v) is 3.03. The quantitative estimate of drug-likeness (QED) is 0.679. The molecule has 20 heavy (non-hydrogen) atoms. The molecule has 3 N–H and O–H groups in total. The van der Waals surface area contributed by atoms with Crippen molar-refractivity contribution in [2.45, 2.75) is 45.8 Å². The van der Waals surface area contributed by atoms with Gasteiger partial charge in [-0.1, -0.05) is 24.3 Å². The van der Waals surface area contributed by atoms with Gasteiger partial charge in [0.2, 0.25) is 5.91 Å². The van der Waals surface area contributed by atoms with E-state index in [1.165, 1.54) is 0 Å². The molecule has 0 aliphatic carbocycles. The molecule has 0 aromatic heterocycles. The van der Waals surface area contributed by atoms with Crippen molar-refractivity contribution in [2.24, 2.45) is 5.73 Å². The van der Waals surface area contributed by atoms with Crippen LogP contribution >= 0.6 is 0 Å². The van der Waals surface area contributed by atoms with Gasteiger partial charge in [0.05, 0.1) is 12.5 Å². The van der Waals surface area contributed by atoms with Gasteiger partial charge in [0.25, 0.3) is 0 Å². The maximum absolute atomic E-state index is 11.8. The van der Waals surface area contributed by atoms with Crippen LogP contribution in [0.5, 0.6) is 0 Å². The molecule has 1 aromatic rings. The minimum absolute atomic E-state index is 0.0516. The molecule has 0 aliphatic heterocycles. The fourth-order valence-corrected chi connectivity index (χ4v) is 1.94. The highest BCUT2D eigenvalue weighted by Crippen LogP contribution is 2.08. The minimum Gasteiger partial charge on any atom is -0.379 e. The number of rotatable bonds is 9. The van der Waals surface area contributed by atoms with Gasteiger partial charge in [-0.25, -0.2) is 0 Å². The standard InChI is InChI=1S/C16H26N2O2/c1-13(2)20-10-6-5-9-18-16(19)11-14-7-3-4-8-15(14)12-17/h3-4,7-8,13H,5-6,9-12,17H2,1-2H3,(H,18,19). The van der Waals surface area contributed by atoms with Crippen molar-refractivity contribution in [1.82, 2.24) is 5.32 Å². The predicted molar refractivity (Wildman–Crippen MR) is 81.4 cm³/mol. The van der Waals surface area contributed by atoms with Crippen molar-refractivity contribution in [3.63, 3.8) is 0 Å². The lowest BCUT2D eigenvalue weighted by atomic mass is 10.0. The molecule has 1 aromatic carbocycles. The van der Waals surface area contributed by atoms with Crippen molar-refractivity contribution in [3.8, 4) is 0 Å². The third kappa shape index (κ3) is 6.68. The van der Waals surface area contributed by atoms with Crippen molar-refractivity contribution in [3.05, 3.63) is 35.4 Å². The summed E-state index contributed by atoms with van der Waals surface area (Å²) in [6.45, 7) is 5.97. The van der Waals surface area contributed by atoms with Gasteiger partial charge in [0.1, 0.15) is 0 Å². The molecule has 0 saturated carbocycles. The summed E-state index contributed by atoms with van der Waals surface area (Å²) in [6, 6.07) is 7.80. The number of benzene rings is 1. The Morgan fingerprint density at radius 2 is 1.95 bits per heavy atom. The first kappa shape index (κ1) is 16.7. The van der Waals surface area contributed by atoms with Crippen LogP contribution in [0.3, 0.4) is 0 Å². The Morgan fingerprint density at radius 1 is 1.25 bits per heavy atom. The molecule has 0 saturated heterocycles. The number of nitrogens with one attached hydrogen (secondary N) is 1. The van der Waals surface area contributed by atoms with Crippen LogP contribution in [0.1, 0.15) is 37.8 Å². The number of nitrogens with two attached hydrogens (primary N) is 1. The summed E-state index contributed by atoms with van der Waals surface area (Å²) in [7, 11) is 0. The lowest BCUT2D eigenvalue weighted by Gasteiger charge is -2.09. The Labute approximate surface area is 121 Å². The number of carbonyl (C=O) groups excluding carboxylic acids is 1. The SMILES string of the molecule is CC(C)OCCCCNC(=O)Cc1ccccc1CN. The lowest BCUT2D eigenvalue weighted by molar-refractivity contribution is -0.120. The Balaban J connectivity index is 2.20. The average molecular weight is 278 g/mol. The Kier molecular flexibility index (Phi) is 7.92. The third-order valence-electron chi connectivity index (χ3n) is 3.03. The van der Waals surface area contributed by atoms with E-state index in [-0.39, 0.29) is 12.0 Å². The van der Waals surface area contributed by atoms with Crippen molar-refractivity contribution in [2.75, 3.05) is 13.2 Å². The molecule has 0 aliphatic rings. The van der Waals surface area contributed by atoms with Gasteiger partial charge in [-0.15, -0.1) is 0 Å². The van der Waals surface area contributed by atoms with E-state index in [0.29, 0.717) is 19.5 Å². The summed E-state index contributed by atoms with van der Waals surface area (Å²) in [5, 5.41) is 2.94. The second kappa shape index (κ2) is 9.50. The maximum atomic E-state index is 11.8. The van der Waals surface area contributed by atoms with E-state index < -0.39 is 0 Å². The molecule has 1 rings (SSSR count). The monoisotopic (exact) mass is 278 g/mol. The topological polar surface area (TPSA) is 64.3 Å². The predicted octanol–water partition coefficient (Wildman–Crippen LogP) is 2.01. The molecule has 4 heteroatoms. The molecular formula is C16H26N2O2. The molecule has 4 nitrogen and oxygen atoms in total. The highest BCUT2D eigenvalue weighted by Gasteiger charge is 2.06. The molecule has 0 unspecified atom stereocenters. The number of amides is 1. The van der Waals surface area contributed by atoms with E-state index in [1.807, 2.05) is 38.1 Å². The van der Waals surface area contributed by atoms with E-state index >= 15 is 0 Å². The molecule has 0 atom stereocenters. The van der Waals surface area contributed by atoms with Gasteiger partial charge in [-0.3, -0.25) is 4.79 Å².